The van der Waals surface area contributed by atoms with E-state index in [1.807, 2.05) is 0 Å². The van der Waals surface area contributed by atoms with E-state index in [1.54, 1.807) is 12.1 Å². The first-order valence-electron chi connectivity index (χ1n) is 5.44. The van der Waals surface area contributed by atoms with Gasteiger partial charge in [0.15, 0.2) is 0 Å². The Bertz CT molecular complexity index is 648. The molecule has 0 spiro atoms. The zero-order chi connectivity index (χ0) is 12.9. The molecule has 1 aliphatic carbocycles. The molecule has 94 valence electrons. The number of benzene rings is 1. The second kappa shape index (κ2) is 4.57. The number of carbonyl (C=O) groups excluding carboxylic acids is 1. The van der Waals surface area contributed by atoms with Gasteiger partial charge in [-0.3, -0.25) is 4.79 Å². The normalized spacial score (nSPS) is 15.1. The Labute approximate surface area is 123 Å². The summed E-state index contributed by atoms with van der Waals surface area (Å²) in [6.45, 7) is 0. The predicted octanol–water partition coefficient (Wildman–Crippen LogP) is 4.75. The summed E-state index contributed by atoms with van der Waals surface area (Å²) in [6, 6.07) is 3.71. The molecule has 1 aliphatic rings. The highest BCUT2D eigenvalue weighted by molar-refractivity contribution is 7.21. The van der Waals surface area contributed by atoms with Crippen molar-refractivity contribution in [3.8, 4) is 0 Å². The van der Waals surface area contributed by atoms with Gasteiger partial charge in [-0.15, -0.1) is 11.3 Å². The topological polar surface area (TPSA) is 29.1 Å². The molecule has 1 heterocycles. The molecule has 1 aromatic heterocycles. The molecule has 1 saturated carbocycles. The predicted molar refractivity (Wildman–Crippen MR) is 77.3 cm³/mol. The lowest BCUT2D eigenvalue weighted by molar-refractivity contribution is 0.0955. The van der Waals surface area contributed by atoms with Crippen LogP contribution in [0.3, 0.4) is 0 Å². The molecule has 2 aromatic rings. The van der Waals surface area contributed by atoms with Crippen LogP contribution in [-0.2, 0) is 0 Å². The first-order valence-corrected chi connectivity index (χ1v) is 7.39. The molecule has 1 N–H and O–H groups in total. The van der Waals surface area contributed by atoms with Crippen molar-refractivity contribution in [1.82, 2.24) is 5.32 Å². The van der Waals surface area contributed by atoms with Crippen molar-refractivity contribution in [1.29, 1.82) is 0 Å². The van der Waals surface area contributed by atoms with E-state index in [2.05, 4.69) is 5.32 Å². The Hall–Kier alpha value is -0.480. The minimum Gasteiger partial charge on any atom is -0.349 e. The second-order valence-corrected chi connectivity index (χ2v) is 6.53. The fourth-order valence-electron chi connectivity index (χ4n) is 1.74. The summed E-state index contributed by atoms with van der Waals surface area (Å²) in [4.78, 5) is 12.5. The lowest BCUT2D eigenvalue weighted by atomic mass is 10.2. The van der Waals surface area contributed by atoms with E-state index in [-0.39, 0.29) is 5.91 Å². The molecule has 18 heavy (non-hydrogen) atoms. The van der Waals surface area contributed by atoms with Gasteiger partial charge in [-0.25, -0.2) is 0 Å². The second-order valence-electron chi connectivity index (χ2n) is 4.25. The number of carbonyl (C=O) groups is 1. The third-order valence-corrected chi connectivity index (χ3v) is 4.91. The van der Waals surface area contributed by atoms with E-state index >= 15 is 0 Å². The monoisotopic (exact) mass is 319 g/mol. The molecular weight excluding hydrogens is 313 g/mol. The highest BCUT2D eigenvalue weighted by atomic mass is 35.5. The van der Waals surface area contributed by atoms with Gasteiger partial charge < -0.3 is 5.32 Å². The Morgan fingerprint density at radius 3 is 2.67 bits per heavy atom. The van der Waals surface area contributed by atoms with Crippen molar-refractivity contribution in [2.24, 2.45) is 0 Å². The number of fused-ring (bicyclic) bond motifs is 1. The highest BCUT2D eigenvalue weighted by Crippen LogP contribution is 2.41. The van der Waals surface area contributed by atoms with Crippen LogP contribution in [0, 0.1) is 0 Å². The molecule has 1 aromatic carbocycles. The molecule has 0 bridgehead atoms. The molecule has 1 amide bonds. The first-order chi connectivity index (χ1) is 8.56. The Morgan fingerprint density at radius 2 is 2.00 bits per heavy atom. The fourth-order valence-corrected chi connectivity index (χ4v) is 4.02. The van der Waals surface area contributed by atoms with Gasteiger partial charge in [-0.1, -0.05) is 34.8 Å². The molecule has 0 saturated heterocycles. The Kier molecular flexibility index (Phi) is 3.18. The SMILES string of the molecule is O=C(NC1CC1)c1sc2cc(Cl)cc(Cl)c2c1Cl. The molecule has 2 nitrogen and oxygen atoms in total. The van der Waals surface area contributed by atoms with Crippen LogP contribution in [0.4, 0.5) is 0 Å². The van der Waals surface area contributed by atoms with Gasteiger partial charge in [0.1, 0.15) is 4.88 Å². The number of amides is 1. The van der Waals surface area contributed by atoms with E-state index in [4.69, 9.17) is 34.8 Å². The maximum atomic E-state index is 12.0. The zero-order valence-corrected chi connectivity index (χ0v) is 12.2. The van der Waals surface area contributed by atoms with Crippen LogP contribution >= 0.6 is 46.1 Å². The van der Waals surface area contributed by atoms with Crippen molar-refractivity contribution >= 4 is 62.1 Å². The summed E-state index contributed by atoms with van der Waals surface area (Å²) in [5, 5.41) is 5.05. The van der Waals surface area contributed by atoms with Gasteiger partial charge in [-0.05, 0) is 25.0 Å². The van der Waals surface area contributed by atoms with E-state index in [1.165, 1.54) is 11.3 Å². The van der Waals surface area contributed by atoms with E-state index in [0.29, 0.717) is 31.4 Å². The largest absolute Gasteiger partial charge is 0.349 e. The number of rotatable bonds is 2. The van der Waals surface area contributed by atoms with Crippen LogP contribution in [0.15, 0.2) is 12.1 Å². The lowest BCUT2D eigenvalue weighted by Gasteiger charge is -2.00. The van der Waals surface area contributed by atoms with Crippen molar-refractivity contribution in [3.05, 3.63) is 32.1 Å². The molecule has 1 fully saturated rings. The highest BCUT2D eigenvalue weighted by Gasteiger charge is 2.26. The van der Waals surface area contributed by atoms with Gasteiger partial charge in [0.25, 0.3) is 5.91 Å². The quantitative estimate of drug-likeness (QED) is 0.849. The Morgan fingerprint density at radius 1 is 1.28 bits per heavy atom. The summed E-state index contributed by atoms with van der Waals surface area (Å²) < 4.78 is 0.832. The summed E-state index contributed by atoms with van der Waals surface area (Å²) in [7, 11) is 0. The molecule has 3 rings (SSSR count). The summed E-state index contributed by atoms with van der Waals surface area (Å²) in [5.74, 6) is -0.129. The third-order valence-electron chi connectivity index (χ3n) is 2.77. The van der Waals surface area contributed by atoms with E-state index in [9.17, 15) is 4.79 Å². The number of hydrogen-bond acceptors (Lipinski definition) is 2. The molecule has 0 radical (unpaired) electrons. The van der Waals surface area contributed by atoms with Crippen molar-refractivity contribution < 1.29 is 4.79 Å². The number of hydrogen-bond donors (Lipinski definition) is 1. The van der Waals surface area contributed by atoms with Crippen LogP contribution < -0.4 is 5.32 Å². The minimum absolute atomic E-state index is 0.129. The molecule has 0 unspecified atom stereocenters. The van der Waals surface area contributed by atoms with Crippen LogP contribution in [-0.4, -0.2) is 11.9 Å². The summed E-state index contributed by atoms with van der Waals surface area (Å²) in [6.07, 6.45) is 2.08. The molecule has 6 heteroatoms. The standard InChI is InChI=1S/C12H8Cl3NOS/c13-5-3-7(14)9-8(4-5)18-11(10(9)15)12(17)16-6-1-2-6/h3-4,6H,1-2H2,(H,16,17). The van der Waals surface area contributed by atoms with Gasteiger partial charge in [0, 0.05) is 21.2 Å². The number of nitrogens with one attached hydrogen (secondary N) is 1. The van der Waals surface area contributed by atoms with Crippen LogP contribution in [0.1, 0.15) is 22.5 Å². The molecule has 0 atom stereocenters. The van der Waals surface area contributed by atoms with Crippen molar-refractivity contribution in [3.63, 3.8) is 0 Å². The van der Waals surface area contributed by atoms with Gasteiger partial charge >= 0.3 is 0 Å². The molecular formula is C12H8Cl3NOS. The maximum absolute atomic E-state index is 12.0. The summed E-state index contributed by atoms with van der Waals surface area (Å²) in [5.41, 5.74) is 0. The van der Waals surface area contributed by atoms with Crippen LogP contribution in [0.5, 0.6) is 0 Å². The van der Waals surface area contributed by atoms with Crippen LogP contribution in [0.25, 0.3) is 10.1 Å². The average molecular weight is 321 g/mol. The van der Waals surface area contributed by atoms with Gasteiger partial charge in [0.2, 0.25) is 0 Å². The van der Waals surface area contributed by atoms with E-state index < -0.39 is 0 Å². The fraction of sp³-hybridized carbons (Fsp3) is 0.250. The van der Waals surface area contributed by atoms with E-state index in [0.717, 1.165) is 17.5 Å². The number of halogens is 3. The lowest BCUT2D eigenvalue weighted by Crippen LogP contribution is -2.24. The first kappa shape index (κ1) is 12.5. The van der Waals surface area contributed by atoms with Gasteiger partial charge in [0.05, 0.1) is 10.0 Å². The third kappa shape index (κ3) is 2.21. The zero-order valence-electron chi connectivity index (χ0n) is 9.10. The maximum Gasteiger partial charge on any atom is 0.263 e. The average Bonchev–Trinajstić information content (AvgIpc) is 3.02. The van der Waals surface area contributed by atoms with Gasteiger partial charge in [-0.2, -0.15) is 0 Å². The van der Waals surface area contributed by atoms with Crippen molar-refractivity contribution in [2.75, 3.05) is 0 Å². The Balaban J connectivity index is 2.09. The number of thiophene rings is 1. The van der Waals surface area contributed by atoms with Crippen LogP contribution in [0.2, 0.25) is 15.1 Å². The minimum atomic E-state index is -0.129. The summed E-state index contributed by atoms with van der Waals surface area (Å²) >= 11 is 19.6. The van der Waals surface area contributed by atoms with Crippen molar-refractivity contribution in [2.45, 2.75) is 18.9 Å². The molecule has 0 aliphatic heterocycles. The smallest absolute Gasteiger partial charge is 0.263 e.